The summed E-state index contributed by atoms with van der Waals surface area (Å²) in [7, 11) is 0. The predicted molar refractivity (Wildman–Crippen MR) is 67.3 cm³/mol. The maximum absolute atomic E-state index is 12.7. The van der Waals surface area contributed by atoms with Gasteiger partial charge in [-0.05, 0) is 25.1 Å². The molecule has 1 aromatic heterocycles. The van der Waals surface area contributed by atoms with Gasteiger partial charge in [0, 0.05) is 0 Å². The fourth-order valence-corrected chi connectivity index (χ4v) is 1.75. The molecule has 0 aliphatic heterocycles. The van der Waals surface area contributed by atoms with Gasteiger partial charge in [0.25, 0.3) is 0 Å². The zero-order chi connectivity index (χ0) is 15.6. The van der Waals surface area contributed by atoms with Crippen LogP contribution in [0.3, 0.4) is 0 Å². The quantitative estimate of drug-likeness (QED) is 0.816. The zero-order valence-electron chi connectivity index (χ0n) is 10.7. The number of alkyl halides is 3. The maximum atomic E-state index is 12.7. The lowest BCUT2D eigenvalue weighted by Gasteiger charge is -2.09. The van der Waals surface area contributed by atoms with Crippen LogP contribution >= 0.6 is 11.6 Å². The molecule has 0 spiro atoms. The van der Waals surface area contributed by atoms with Gasteiger partial charge in [0.05, 0.1) is 29.1 Å². The van der Waals surface area contributed by atoms with Crippen LogP contribution in [0, 0.1) is 0 Å². The Morgan fingerprint density at radius 2 is 2.14 bits per heavy atom. The lowest BCUT2D eigenvalue weighted by atomic mass is 10.2. The molecule has 1 heterocycles. The van der Waals surface area contributed by atoms with Crippen molar-refractivity contribution in [2.24, 2.45) is 0 Å². The number of esters is 1. The van der Waals surface area contributed by atoms with E-state index >= 15 is 0 Å². The number of aromatic nitrogens is 3. The van der Waals surface area contributed by atoms with E-state index in [1.54, 1.807) is 6.92 Å². The smallest absolute Gasteiger partial charge is 0.416 e. The molecule has 0 radical (unpaired) electrons. The SMILES string of the molecule is CCOC(=O)c1cn(-c2cc(C(F)(F)F)ccc2Cl)nn1. The highest BCUT2D eigenvalue weighted by Gasteiger charge is 2.31. The van der Waals surface area contributed by atoms with E-state index in [4.69, 9.17) is 16.3 Å². The van der Waals surface area contributed by atoms with Gasteiger partial charge < -0.3 is 4.74 Å². The summed E-state index contributed by atoms with van der Waals surface area (Å²) in [6.07, 6.45) is -3.36. The van der Waals surface area contributed by atoms with E-state index in [2.05, 4.69) is 10.3 Å². The van der Waals surface area contributed by atoms with Crippen LogP contribution in [0.5, 0.6) is 0 Å². The molecule has 2 aromatic rings. The van der Waals surface area contributed by atoms with Gasteiger partial charge in [-0.15, -0.1) is 5.10 Å². The number of carbonyl (C=O) groups is 1. The van der Waals surface area contributed by atoms with Crippen molar-refractivity contribution < 1.29 is 22.7 Å². The van der Waals surface area contributed by atoms with Crippen LogP contribution in [0.4, 0.5) is 13.2 Å². The molecule has 0 saturated heterocycles. The highest BCUT2D eigenvalue weighted by atomic mass is 35.5. The first kappa shape index (κ1) is 15.3. The fourth-order valence-electron chi connectivity index (χ4n) is 1.54. The van der Waals surface area contributed by atoms with Crippen molar-refractivity contribution in [3.05, 3.63) is 40.7 Å². The van der Waals surface area contributed by atoms with Crippen LogP contribution < -0.4 is 0 Å². The summed E-state index contributed by atoms with van der Waals surface area (Å²) < 4.78 is 43.8. The highest BCUT2D eigenvalue weighted by molar-refractivity contribution is 6.32. The third-order valence-electron chi connectivity index (χ3n) is 2.50. The largest absolute Gasteiger partial charge is 0.461 e. The van der Waals surface area contributed by atoms with Crippen LogP contribution in [0.15, 0.2) is 24.4 Å². The predicted octanol–water partition coefficient (Wildman–Crippen LogP) is 3.12. The molecule has 21 heavy (non-hydrogen) atoms. The van der Waals surface area contributed by atoms with Crippen LogP contribution in [-0.2, 0) is 10.9 Å². The standard InChI is InChI=1S/C12H9ClF3N3O2/c1-2-21-11(20)9-6-19(18-17-9)10-5-7(12(14,15)16)3-4-8(10)13/h3-6H,2H2,1H3. The Morgan fingerprint density at radius 3 is 2.76 bits per heavy atom. The summed E-state index contributed by atoms with van der Waals surface area (Å²) in [5, 5.41) is 7.18. The lowest BCUT2D eigenvalue weighted by molar-refractivity contribution is -0.137. The average Bonchev–Trinajstić information content (AvgIpc) is 2.87. The van der Waals surface area contributed by atoms with Crippen molar-refractivity contribution in [2.75, 3.05) is 6.61 Å². The molecular formula is C12H9ClF3N3O2. The van der Waals surface area contributed by atoms with E-state index in [0.717, 1.165) is 29.1 Å². The van der Waals surface area contributed by atoms with Crippen LogP contribution in [-0.4, -0.2) is 27.6 Å². The van der Waals surface area contributed by atoms with E-state index in [9.17, 15) is 18.0 Å². The average molecular weight is 320 g/mol. The summed E-state index contributed by atoms with van der Waals surface area (Å²) in [6.45, 7) is 1.77. The lowest BCUT2D eigenvalue weighted by Crippen LogP contribution is -2.07. The van der Waals surface area contributed by atoms with Crippen molar-refractivity contribution >= 4 is 17.6 Å². The molecule has 0 aliphatic rings. The fraction of sp³-hybridized carbons (Fsp3) is 0.250. The van der Waals surface area contributed by atoms with E-state index < -0.39 is 17.7 Å². The minimum atomic E-state index is -4.51. The normalized spacial score (nSPS) is 11.5. The van der Waals surface area contributed by atoms with Gasteiger partial charge in [-0.1, -0.05) is 16.8 Å². The molecule has 0 fully saturated rings. The first-order chi connectivity index (χ1) is 9.82. The molecule has 0 N–H and O–H groups in total. The number of hydrogen-bond acceptors (Lipinski definition) is 4. The molecular weight excluding hydrogens is 311 g/mol. The zero-order valence-corrected chi connectivity index (χ0v) is 11.4. The van der Waals surface area contributed by atoms with E-state index in [1.807, 2.05) is 0 Å². The monoisotopic (exact) mass is 319 g/mol. The number of carbonyl (C=O) groups excluding carboxylic acids is 1. The molecule has 112 valence electrons. The van der Waals surface area contributed by atoms with E-state index in [0.29, 0.717) is 0 Å². The first-order valence-corrected chi connectivity index (χ1v) is 6.17. The Morgan fingerprint density at radius 1 is 1.43 bits per heavy atom. The number of ether oxygens (including phenoxy) is 1. The van der Waals surface area contributed by atoms with Crippen LogP contribution in [0.2, 0.25) is 5.02 Å². The maximum Gasteiger partial charge on any atom is 0.416 e. The molecule has 5 nitrogen and oxygen atoms in total. The minimum Gasteiger partial charge on any atom is -0.461 e. The molecule has 0 saturated carbocycles. The third-order valence-corrected chi connectivity index (χ3v) is 2.82. The first-order valence-electron chi connectivity index (χ1n) is 5.79. The van der Waals surface area contributed by atoms with Gasteiger partial charge >= 0.3 is 12.1 Å². The topological polar surface area (TPSA) is 57.0 Å². The van der Waals surface area contributed by atoms with Gasteiger partial charge in [-0.2, -0.15) is 13.2 Å². The van der Waals surface area contributed by atoms with Crippen LogP contribution in [0.25, 0.3) is 5.69 Å². The number of hydrogen-bond donors (Lipinski definition) is 0. The van der Waals surface area contributed by atoms with Gasteiger partial charge in [0.15, 0.2) is 5.69 Å². The van der Waals surface area contributed by atoms with Crippen molar-refractivity contribution in [1.82, 2.24) is 15.0 Å². The van der Waals surface area contributed by atoms with Crippen molar-refractivity contribution in [2.45, 2.75) is 13.1 Å². The van der Waals surface area contributed by atoms with Crippen LogP contribution in [0.1, 0.15) is 23.0 Å². The number of nitrogens with zero attached hydrogens (tertiary/aromatic N) is 3. The van der Waals surface area contributed by atoms with E-state index in [1.165, 1.54) is 0 Å². The highest BCUT2D eigenvalue weighted by Crippen LogP contribution is 2.32. The Hall–Kier alpha value is -2.09. The molecule has 1 aromatic carbocycles. The van der Waals surface area contributed by atoms with Crippen molar-refractivity contribution in [3.63, 3.8) is 0 Å². The third kappa shape index (κ3) is 3.33. The molecule has 0 bridgehead atoms. The second kappa shape index (κ2) is 5.72. The van der Waals surface area contributed by atoms with Crippen molar-refractivity contribution in [1.29, 1.82) is 0 Å². The number of benzene rings is 1. The molecule has 0 aliphatic carbocycles. The summed E-state index contributed by atoms with van der Waals surface area (Å²) in [4.78, 5) is 11.4. The second-order valence-electron chi connectivity index (χ2n) is 3.93. The van der Waals surface area contributed by atoms with E-state index in [-0.39, 0.29) is 23.0 Å². The molecule has 9 heteroatoms. The molecule has 0 atom stereocenters. The summed E-state index contributed by atoms with van der Waals surface area (Å²) in [6, 6.07) is 2.78. The number of halogens is 4. The molecule has 0 amide bonds. The summed E-state index contributed by atoms with van der Waals surface area (Å²) in [5.74, 6) is -0.716. The van der Waals surface area contributed by atoms with Gasteiger partial charge in [-0.3, -0.25) is 0 Å². The summed E-state index contributed by atoms with van der Waals surface area (Å²) >= 11 is 5.86. The Bertz CT molecular complexity index is 670. The Kier molecular flexibility index (Phi) is 4.17. The number of rotatable bonds is 3. The summed E-state index contributed by atoms with van der Waals surface area (Å²) in [5.41, 5.74) is -1.03. The minimum absolute atomic E-state index is 0.0328. The Balaban J connectivity index is 2.40. The Labute approximate surface area is 122 Å². The molecule has 2 rings (SSSR count). The van der Waals surface area contributed by atoms with Gasteiger partial charge in [0.2, 0.25) is 0 Å². The molecule has 0 unspecified atom stereocenters. The second-order valence-corrected chi connectivity index (χ2v) is 4.34. The van der Waals surface area contributed by atoms with Crippen molar-refractivity contribution in [3.8, 4) is 5.69 Å². The van der Waals surface area contributed by atoms with Gasteiger partial charge in [-0.25, -0.2) is 9.48 Å². The van der Waals surface area contributed by atoms with Gasteiger partial charge in [0.1, 0.15) is 0 Å².